The fourth-order valence-electron chi connectivity index (χ4n) is 12.2. The van der Waals surface area contributed by atoms with Crippen LogP contribution in [0.1, 0.15) is 65.2 Å². The summed E-state index contributed by atoms with van der Waals surface area (Å²) in [6.45, 7) is 3.33. The Balaban J connectivity index is 0.000000392. The zero-order chi connectivity index (χ0) is 107. The summed E-state index contributed by atoms with van der Waals surface area (Å²) in [5, 5.41) is 74.4. The van der Waals surface area contributed by atoms with Crippen molar-refractivity contribution in [1.82, 2.24) is 19.9 Å². The van der Waals surface area contributed by atoms with Crippen LogP contribution >= 0.6 is 22.7 Å². The minimum Gasteiger partial charge on any atom is -0.744 e. The molecule has 5 radical (unpaired) electrons. The largest absolute Gasteiger partial charge is 1.00 e. The van der Waals surface area contributed by atoms with Gasteiger partial charge in [-0.25, -0.2) is 36.8 Å². The zero-order valence-corrected chi connectivity index (χ0v) is 86.1. The third-order valence-corrected chi connectivity index (χ3v) is 24.8. The van der Waals surface area contributed by atoms with Crippen molar-refractivity contribution in [3.05, 3.63) is 304 Å². The quantitative estimate of drug-likeness (QED) is 0.0103. The monoisotopic (exact) mass is 2190 g/mol. The van der Waals surface area contributed by atoms with Crippen LogP contribution in [0.25, 0.3) is 22.5 Å². The predicted molar refractivity (Wildman–Crippen MR) is 533 cm³/mol. The maximum absolute atomic E-state index is 12.9. The van der Waals surface area contributed by atoms with Crippen molar-refractivity contribution in [3.63, 3.8) is 0 Å². The van der Waals surface area contributed by atoms with Crippen molar-refractivity contribution in [2.24, 2.45) is 20.5 Å². The van der Waals surface area contributed by atoms with E-state index in [0.717, 1.165) is 60.1 Å². The fourth-order valence-corrected chi connectivity index (χ4v) is 16.7. The SMILES string of the molecule is Cc1c(C#N)c(Nc2ccc(S(=O)(=O)[O-])cc2)nc(Nc2ccc(S(=O)(=O)[O-])cc2)c1NNc1nc(-c2ccc(NC(=O)c3c[c-]c[c-]c3)cc2)c(N=Nc2ccccc2C#N)s1.Cc1cc(Nc2ccc(S(=O)(=O)O)cc2)nc(Nc2ccc(S(=O)(=O)O)cc2)c1C#N.N#Cc1ccccc1N=Nc1sc(N)nc1-c1ccc(NC(=O)c2cc(CS(=O)(=O)O)cc(CS(=O)(=O)O)c2)cc1.O=S(=O)=O.O=S(=O)=O.[B][B][B].[Li+].[Li+].[Li+].[Li+]. The van der Waals surface area contributed by atoms with E-state index in [0.29, 0.717) is 112 Å². The topological polar surface area (TPSA) is 787 Å². The Morgan fingerprint density at radius 2 is 0.807 bits per heavy atom. The number of benzene rings is 10. The van der Waals surface area contributed by atoms with Crippen LogP contribution in [0.15, 0.2) is 277 Å². The summed E-state index contributed by atoms with van der Waals surface area (Å²) in [5.41, 5.74) is 19.4. The molecule has 14 N–H and O–H groups in total. The number of amides is 2. The molecule has 14 rings (SSSR count). The van der Waals surface area contributed by atoms with Crippen LogP contribution in [0, 0.1) is 71.3 Å². The van der Waals surface area contributed by atoms with Crippen molar-refractivity contribution < 1.29 is 188 Å². The Morgan fingerprint density at radius 3 is 1.19 bits per heavy atom. The van der Waals surface area contributed by atoms with Gasteiger partial charge in [-0.15, -0.1) is 45.7 Å². The number of pyridine rings is 2. The van der Waals surface area contributed by atoms with Crippen molar-refractivity contribution in [3.8, 4) is 46.8 Å². The summed E-state index contributed by atoms with van der Waals surface area (Å²) < 4.78 is 246. The minimum atomic E-state index is -4.74. The van der Waals surface area contributed by atoms with Crippen LogP contribution in [0.5, 0.6) is 0 Å². The molecule has 0 aliphatic heterocycles. The number of anilines is 13. The van der Waals surface area contributed by atoms with E-state index < -0.39 is 109 Å². The van der Waals surface area contributed by atoms with E-state index in [1.165, 1.54) is 84.9 Å². The van der Waals surface area contributed by atoms with Crippen LogP contribution in [-0.4, -0.2) is 157 Å². The van der Waals surface area contributed by atoms with Gasteiger partial charge in [0.2, 0.25) is 5.13 Å². The van der Waals surface area contributed by atoms with Crippen LogP contribution in [-0.2, 0) is 93.4 Å². The van der Waals surface area contributed by atoms with Crippen molar-refractivity contribution in [2.45, 2.75) is 44.9 Å². The molecule has 0 aliphatic carbocycles. The molecule has 0 atom stereocenters. The number of hydrogen-bond donors (Lipinski definition) is 13. The Morgan fingerprint density at radius 1 is 0.447 bits per heavy atom. The second-order valence-corrected chi connectivity index (χ2v) is 39.9. The smallest absolute Gasteiger partial charge is 0.744 e. The molecular weight excluding hydrogens is 2120 g/mol. The second kappa shape index (κ2) is 57.5. The van der Waals surface area contributed by atoms with Gasteiger partial charge in [-0.2, -0.15) is 60.3 Å². The maximum atomic E-state index is 12.9. The molecule has 64 heteroatoms. The summed E-state index contributed by atoms with van der Waals surface area (Å²) in [7, 11) is -23.3. The van der Waals surface area contributed by atoms with E-state index in [-0.39, 0.29) is 152 Å². The number of carbonyl (C=O) groups is 2. The van der Waals surface area contributed by atoms with Gasteiger partial charge in [0.05, 0.1) is 41.8 Å². The number of nitrogens with two attached hydrogens (primary N) is 1. The Bertz CT molecular complexity index is 8440. The maximum Gasteiger partial charge on any atom is 1.00 e. The van der Waals surface area contributed by atoms with Crippen LogP contribution < -0.4 is 124 Å². The molecule has 0 saturated heterocycles. The predicted octanol–water partition coefficient (Wildman–Crippen LogP) is 1.07. The number of thiazole rings is 2. The van der Waals surface area contributed by atoms with Gasteiger partial charge < -0.3 is 64.9 Å². The van der Waals surface area contributed by atoms with E-state index in [2.05, 4.69) is 124 Å². The van der Waals surface area contributed by atoms with Gasteiger partial charge in [-0.1, -0.05) is 77.3 Å². The molecule has 2 amide bonds. The molecule has 0 saturated carbocycles. The first-order chi connectivity index (χ1) is 68.8. The van der Waals surface area contributed by atoms with Crippen molar-refractivity contribution >= 4 is 234 Å². The molecule has 0 bridgehead atoms. The fraction of sp³-hybridized carbons (Fsp3) is 0.0465. The number of rotatable bonds is 29. The molecule has 0 fully saturated rings. The summed E-state index contributed by atoms with van der Waals surface area (Å²) >= 11 is 2.18. The Labute approximate surface area is 919 Å². The molecule has 10 aromatic carbocycles. The van der Waals surface area contributed by atoms with Gasteiger partial charge in [0.15, 0.2) is 32.6 Å². The molecule has 4 heterocycles. The van der Waals surface area contributed by atoms with Crippen LogP contribution in [0.4, 0.5) is 94.7 Å². The summed E-state index contributed by atoms with van der Waals surface area (Å²) in [4.78, 5) is 42.3. The van der Waals surface area contributed by atoms with E-state index in [1.54, 1.807) is 135 Å². The first-order valence-electron chi connectivity index (χ1n) is 39.7. The number of nitriles is 4. The molecule has 0 aliphatic rings. The van der Waals surface area contributed by atoms with Gasteiger partial charge in [0.25, 0.3) is 46.4 Å². The van der Waals surface area contributed by atoms with Gasteiger partial charge in [0, 0.05) is 73.3 Å². The molecule has 0 spiro atoms. The zero-order valence-electron chi connectivity index (χ0n) is 78.0. The van der Waals surface area contributed by atoms with E-state index in [9.17, 15) is 99.4 Å². The normalized spacial score (nSPS) is 10.8. The molecule has 47 nitrogen and oxygen atoms in total. The number of aromatic nitrogens is 4. The number of nitrogens with one attached hydrogen (secondary N) is 8. The number of aryl methyl sites for hydroxylation is 1. The summed E-state index contributed by atoms with van der Waals surface area (Å²) in [6.07, 6.45) is 0. The number of carbonyl (C=O) groups excluding carboxylic acids is 2. The van der Waals surface area contributed by atoms with E-state index in [4.69, 9.17) is 45.1 Å². The van der Waals surface area contributed by atoms with Gasteiger partial charge in [0.1, 0.15) is 96.2 Å². The second-order valence-electron chi connectivity index (χ2n) is 28.6. The average Bonchev–Trinajstić information content (AvgIpc) is 1.78. The standard InChI is InChI=1S/C42H29N11O7S3.C25H20N6O7S3.C19H16N4O6S2.B3.4Li.2O3S/c1-25-34(24-44)38(45-29-15-19-32(20-16-29)62(55,56)57)49-39(46-30-17-21-33(22-18-30)63(58,59)60)36(25)51-53-42-48-37(41(61-42)52-50-35-10-6-5-9-28(35)23-43)26-11-13-31(14-12-26)47-40(54)27-7-3-2-4-8-27;26-12-18-3-1-2-4-21(18)30-31-24-22(29-25(27)39-24)17-5-7-20(8-6-17)28-23(32)19-10-15(13-40(33,34)35)9-16(11-19)14-41(36,37)38;1-12-10-18(21-13-2-6-15(7-3-13)30(24,25)26)23-19(17(12)11-20)22-14-4-8-16(9-5-14)31(27,28)29;1-3-2;;;;;2*1-4(2)3/h2,5-22,51H,1H3,(H,47,54)(H,48,53)(H2,45,46,49)(H,55,56,57)(H,58,59,60);1-11H,13-14H2,(H2,27,29)(H,28,32)(H,33,34,35)(H,36,37,38);2-10H,1H3,(H2,21,22,23)(H,24,25,26)(H,27,28,29);;;;;;;/q-2;;;;4*+1;;/p-2. The third-order valence-electron chi connectivity index (χ3n) is 18.4. The van der Waals surface area contributed by atoms with Gasteiger partial charge in [-0.05, 0) is 200 Å². The van der Waals surface area contributed by atoms with E-state index in [1.807, 2.05) is 6.07 Å². The Kier molecular flexibility index (Phi) is 48.4. The molecule has 150 heavy (non-hydrogen) atoms. The number of nitrogens with zero attached hydrogens (tertiary/aromatic N) is 12. The van der Waals surface area contributed by atoms with Gasteiger partial charge in [-0.3, -0.25) is 50.8 Å². The number of hydrazine groups is 1. The molecule has 741 valence electrons. The number of nitrogen functional groups attached to an aromatic ring is 1. The van der Waals surface area contributed by atoms with Crippen LogP contribution in [0.3, 0.4) is 0 Å². The molecule has 0 unspecified atom stereocenters. The Hall–Kier alpha value is -14.3. The third kappa shape index (κ3) is 39.3. The summed E-state index contributed by atoms with van der Waals surface area (Å²) in [6, 6.07) is 70.7. The number of hydrogen-bond acceptors (Lipinski definition) is 43. The average molecular weight is 2190 g/mol. The van der Waals surface area contributed by atoms with Crippen molar-refractivity contribution in [1.29, 1.82) is 21.0 Å². The molecular formula is C86H63B3Li4N21O26S10. The van der Waals surface area contributed by atoms with Gasteiger partial charge >= 0.3 is 96.7 Å². The van der Waals surface area contributed by atoms with Crippen LogP contribution in [0.2, 0.25) is 0 Å². The van der Waals surface area contributed by atoms with Crippen molar-refractivity contribution in [2.75, 3.05) is 48.5 Å². The molecule has 4 aromatic heterocycles. The number of azo groups is 2. The first kappa shape index (κ1) is 126. The first-order valence-corrected chi connectivity index (χ1v) is 52.2. The molecule has 14 aromatic rings. The minimum absolute atomic E-state index is 0. The summed E-state index contributed by atoms with van der Waals surface area (Å²) in [5.74, 6) is -2.10. The van der Waals surface area contributed by atoms with E-state index >= 15 is 0 Å².